The number of hydrogen-bond donors (Lipinski definition) is 2. The lowest BCUT2D eigenvalue weighted by molar-refractivity contribution is 0.0714. The van der Waals surface area contributed by atoms with Crippen LogP contribution in [0, 0.1) is 0 Å². The van der Waals surface area contributed by atoms with E-state index in [9.17, 15) is 4.79 Å². The van der Waals surface area contributed by atoms with Crippen LogP contribution in [-0.2, 0) is 6.54 Å². The van der Waals surface area contributed by atoms with Crippen molar-refractivity contribution in [3.05, 3.63) is 65.6 Å². The van der Waals surface area contributed by atoms with E-state index in [1.165, 1.54) is 11.8 Å². The molecule has 1 fully saturated rings. The molecule has 3 aromatic rings. The first kappa shape index (κ1) is 19.1. The van der Waals surface area contributed by atoms with Gasteiger partial charge < -0.3 is 24.5 Å². The summed E-state index contributed by atoms with van der Waals surface area (Å²) in [4.78, 5) is 28.8. The summed E-state index contributed by atoms with van der Waals surface area (Å²) in [5.41, 5.74) is 9.04. The fraction of sp³-hybridized carbons (Fsp3) is 0.348. The predicted molar refractivity (Wildman–Crippen MR) is 120 cm³/mol. The molecular weight excluding hydrogens is 406 g/mol. The zero-order valence-corrected chi connectivity index (χ0v) is 17.7. The number of anilines is 3. The Kier molecular flexibility index (Phi) is 4.68. The van der Waals surface area contributed by atoms with Crippen LogP contribution in [0.1, 0.15) is 34.1 Å². The van der Waals surface area contributed by atoms with E-state index in [2.05, 4.69) is 44.9 Å². The minimum atomic E-state index is -0.0673. The largest absolute Gasteiger partial charge is 0.459 e. The molecule has 9 heteroatoms. The van der Waals surface area contributed by atoms with Gasteiger partial charge in [0, 0.05) is 39.3 Å². The zero-order chi connectivity index (χ0) is 21.5. The van der Waals surface area contributed by atoms with Crippen molar-refractivity contribution in [3.63, 3.8) is 0 Å². The van der Waals surface area contributed by atoms with Gasteiger partial charge in [-0.05, 0) is 24.1 Å². The molecular formula is C23H25N7O2. The summed E-state index contributed by atoms with van der Waals surface area (Å²) in [5.74, 6) is 2.88. The van der Waals surface area contributed by atoms with Crippen molar-refractivity contribution in [2.75, 3.05) is 47.9 Å². The molecule has 0 aliphatic carbocycles. The molecule has 3 aliphatic heterocycles. The number of hydrazine groups is 1. The van der Waals surface area contributed by atoms with Crippen LogP contribution in [-0.4, -0.2) is 53.5 Å². The van der Waals surface area contributed by atoms with Gasteiger partial charge in [-0.2, -0.15) is 9.97 Å². The standard InChI is InChI=1S/C23H25N7O2/c31-22(18-7-4-14-32-18)28-10-12-29(13-11-28)23-24-20-19-17(26-27-20)8-9-30(21(19)25-23)15-16-5-2-1-3-6-16/h1-7,14,17,26H,8-13,15H2,(H,24,25,27). The molecule has 6 rings (SSSR count). The quantitative estimate of drug-likeness (QED) is 0.651. The van der Waals surface area contributed by atoms with Crippen LogP contribution in [0.2, 0.25) is 0 Å². The number of nitrogens with zero attached hydrogens (tertiary/aromatic N) is 5. The van der Waals surface area contributed by atoms with E-state index in [0.29, 0.717) is 37.9 Å². The highest BCUT2D eigenvalue weighted by Gasteiger charge is 2.36. The van der Waals surface area contributed by atoms with Crippen molar-refractivity contribution in [3.8, 4) is 0 Å². The van der Waals surface area contributed by atoms with Gasteiger partial charge in [0.05, 0.1) is 17.9 Å². The maximum Gasteiger partial charge on any atom is 0.289 e. The van der Waals surface area contributed by atoms with Gasteiger partial charge in [-0.3, -0.25) is 4.79 Å². The maximum absolute atomic E-state index is 12.6. The topological polar surface area (TPSA) is 89.8 Å². The van der Waals surface area contributed by atoms with E-state index in [4.69, 9.17) is 14.4 Å². The lowest BCUT2D eigenvalue weighted by Crippen LogP contribution is -2.49. The fourth-order valence-corrected chi connectivity index (χ4v) is 4.70. The van der Waals surface area contributed by atoms with Crippen molar-refractivity contribution >= 4 is 23.5 Å². The molecule has 0 radical (unpaired) electrons. The minimum Gasteiger partial charge on any atom is -0.459 e. The first-order valence-electron chi connectivity index (χ1n) is 11.1. The number of hydrogen-bond acceptors (Lipinski definition) is 8. The van der Waals surface area contributed by atoms with Crippen LogP contribution >= 0.6 is 0 Å². The molecule has 1 aromatic carbocycles. The Labute approximate surface area is 186 Å². The lowest BCUT2D eigenvalue weighted by Gasteiger charge is -2.36. The summed E-state index contributed by atoms with van der Waals surface area (Å²) in [6.45, 7) is 4.33. The highest BCUT2D eigenvalue weighted by atomic mass is 16.3. The Balaban J connectivity index is 1.24. The molecule has 9 nitrogen and oxygen atoms in total. The van der Waals surface area contributed by atoms with Gasteiger partial charge in [-0.1, -0.05) is 30.3 Å². The van der Waals surface area contributed by atoms with Crippen LogP contribution in [0.5, 0.6) is 0 Å². The Hall–Kier alpha value is -3.59. The normalized spacial score (nSPS) is 19.6. The van der Waals surface area contributed by atoms with Crippen molar-refractivity contribution in [2.24, 2.45) is 0 Å². The Morgan fingerprint density at radius 3 is 2.66 bits per heavy atom. The van der Waals surface area contributed by atoms with E-state index in [1.807, 2.05) is 11.0 Å². The Morgan fingerprint density at radius 2 is 1.88 bits per heavy atom. The van der Waals surface area contributed by atoms with Crippen molar-refractivity contribution < 1.29 is 9.21 Å². The first-order valence-corrected chi connectivity index (χ1v) is 11.1. The third-order valence-corrected chi connectivity index (χ3v) is 6.41. The number of aromatic nitrogens is 2. The number of benzene rings is 1. The summed E-state index contributed by atoms with van der Waals surface area (Å²) in [7, 11) is 0. The van der Waals surface area contributed by atoms with E-state index in [0.717, 1.165) is 36.7 Å². The van der Waals surface area contributed by atoms with E-state index >= 15 is 0 Å². The van der Waals surface area contributed by atoms with Crippen LogP contribution in [0.4, 0.5) is 17.6 Å². The fourth-order valence-electron chi connectivity index (χ4n) is 4.70. The predicted octanol–water partition coefficient (Wildman–Crippen LogP) is 2.41. The van der Waals surface area contributed by atoms with Crippen molar-refractivity contribution in [1.82, 2.24) is 20.3 Å². The molecule has 32 heavy (non-hydrogen) atoms. The maximum atomic E-state index is 12.6. The molecule has 1 atom stereocenters. The van der Waals surface area contributed by atoms with Crippen LogP contribution < -0.4 is 20.7 Å². The number of nitrogens with one attached hydrogen (secondary N) is 2. The summed E-state index contributed by atoms with van der Waals surface area (Å²) in [6, 6.07) is 14.2. The Bertz CT molecular complexity index is 1110. The van der Waals surface area contributed by atoms with E-state index in [-0.39, 0.29) is 11.9 Å². The van der Waals surface area contributed by atoms with Crippen LogP contribution in [0.15, 0.2) is 53.1 Å². The van der Waals surface area contributed by atoms with E-state index < -0.39 is 0 Å². The highest BCUT2D eigenvalue weighted by molar-refractivity contribution is 5.91. The summed E-state index contributed by atoms with van der Waals surface area (Å²) in [5, 5.41) is 0. The highest BCUT2D eigenvalue weighted by Crippen LogP contribution is 2.41. The van der Waals surface area contributed by atoms with Gasteiger partial charge in [0.2, 0.25) is 5.95 Å². The number of amides is 1. The molecule has 164 valence electrons. The van der Waals surface area contributed by atoms with Gasteiger partial charge in [0.15, 0.2) is 11.6 Å². The summed E-state index contributed by atoms with van der Waals surface area (Å²) >= 11 is 0. The summed E-state index contributed by atoms with van der Waals surface area (Å²) < 4.78 is 5.27. The molecule has 1 unspecified atom stereocenters. The van der Waals surface area contributed by atoms with Gasteiger partial charge >= 0.3 is 0 Å². The zero-order valence-electron chi connectivity index (χ0n) is 17.7. The third-order valence-electron chi connectivity index (χ3n) is 6.41. The lowest BCUT2D eigenvalue weighted by atomic mass is 10.0. The molecule has 0 spiro atoms. The van der Waals surface area contributed by atoms with Gasteiger partial charge in [0.25, 0.3) is 5.91 Å². The minimum absolute atomic E-state index is 0.0673. The second-order valence-corrected chi connectivity index (χ2v) is 8.38. The average Bonchev–Trinajstić information content (AvgIpc) is 3.52. The number of carbonyl (C=O) groups excluding carboxylic acids is 1. The summed E-state index contributed by atoms with van der Waals surface area (Å²) in [6.07, 6.45) is 2.54. The number of piperazine rings is 1. The van der Waals surface area contributed by atoms with Gasteiger partial charge in [-0.25, -0.2) is 5.43 Å². The number of furan rings is 1. The van der Waals surface area contributed by atoms with Crippen LogP contribution in [0.3, 0.4) is 0 Å². The number of carbonyl (C=O) groups is 1. The second-order valence-electron chi connectivity index (χ2n) is 8.38. The second kappa shape index (κ2) is 7.83. The van der Waals surface area contributed by atoms with Gasteiger partial charge in [-0.15, -0.1) is 0 Å². The molecule has 3 aliphatic rings. The SMILES string of the molecule is O=C(c1ccco1)N1CCN(c2nc3c4c(n2)N(Cc2ccccc2)CCC4NN3)CC1. The molecule has 1 saturated heterocycles. The molecule has 5 heterocycles. The first-order chi connectivity index (χ1) is 15.8. The molecule has 0 bridgehead atoms. The third kappa shape index (κ3) is 3.34. The number of rotatable bonds is 4. The monoisotopic (exact) mass is 431 g/mol. The van der Waals surface area contributed by atoms with Crippen molar-refractivity contribution in [2.45, 2.75) is 19.0 Å². The van der Waals surface area contributed by atoms with E-state index in [1.54, 1.807) is 12.1 Å². The molecule has 0 saturated carbocycles. The average molecular weight is 432 g/mol. The molecule has 2 aromatic heterocycles. The smallest absolute Gasteiger partial charge is 0.289 e. The van der Waals surface area contributed by atoms with Gasteiger partial charge in [0.1, 0.15) is 5.82 Å². The Morgan fingerprint density at radius 1 is 1.03 bits per heavy atom. The molecule has 2 N–H and O–H groups in total. The van der Waals surface area contributed by atoms with Crippen molar-refractivity contribution in [1.29, 1.82) is 0 Å². The van der Waals surface area contributed by atoms with Crippen LogP contribution in [0.25, 0.3) is 0 Å². The molecule has 1 amide bonds.